The van der Waals surface area contributed by atoms with Gasteiger partial charge in [-0.3, -0.25) is 10.2 Å². The van der Waals surface area contributed by atoms with Crippen LogP contribution < -0.4 is 10.8 Å². The van der Waals surface area contributed by atoms with Crippen LogP contribution >= 0.6 is 0 Å². The third-order valence-corrected chi connectivity index (χ3v) is 3.56. The molecule has 2 heterocycles. The van der Waals surface area contributed by atoms with Crippen LogP contribution in [0.5, 0.6) is 0 Å². The fourth-order valence-electron chi connectivity index (χ4n) is 2.39. The normalized spacial score (nSPS) is 16.6. The molecule has 1 atom stereocenters. The van der Waals surface area contributed by atoms with Crippen molar-refractivity contribution in [1.29, 1.82) is 5.26 Å². The average Bonchev–Trinajstić information content (AvgIpc) is 3.22. The van der Waals surface area contributed by atoms with E-state index >= 15 is 0 Å². The second-order valence-electron chi connectivity index (χ2n) is 5.40. The van der Waals surface area contributed by atoms with E-state index in [4.69, 9.17) is 14.8 Å². The Morgan fingerprint density at radius 3 is 3.12 bits per heavy atom. The van der Waals surface area contributed by atoms with Gasteiger partial charge in [-0.2, -0.15) is 5.26 Å². The van der Waals surface area contributed by atoms with E-state index in [9.17, 15) is 4.79 Å². The predicted molar refractivity (Wildman–Crippen MR) is 85.5 cm³/mol. The molecule has 2 N–H and O–H groups in total. The molecule has 1 aliphatic rings. The van der Waals surface area contributed by atoms with Crippen LogP contribution in [0.1, 0.15) is 17.7 Å². The Bertz CT molecular complexity index is 774. The van der Waals surface area contributed by atoms with Crippen LogP contribution in [0.25, 0.3) is 5.69 Å². The first-order valence-electron chi connectivity index (χ1n) is 7.53. The predicted octanol–water partition coefficient (Wildman–Crippen LogP) is 1.89. The molecular formula is C16H17N5O3. The number of urea groups is 1. The monoisotopic (exact) mass is 327 g/mol. The quantitative estimate of drug-likeness (QED) is 0.835. The first-order valence-corrected chi connectivity index (χ1v) is 7.53. The summed E-state index contributed by atoms with van der Waals surface area (Å²) in [5, 5.41) is 15.9. The lowest BCUT2D eigenvalue weighted by atomic mass is 10.2. The smallest absolute Gasteiger partial charge is 0.344 e. The number of nitriles is 1. The van der Waals surface area contributed by atoms with Crippen molar-refractivity contribution in [3.63, 3.8) is 0 Å². The van der Waals surface area contributed by atoms with E-state index in [0.717, 1.165) is 17.8 Å². The Kier molecular flexibility index (Phi) is 4.74. The molecule has 0 spiro atoms. The molecule has 2 amide bonds. The highest BCUT2D eigenvalue weighted by atomic mass is 16.7. The van der Waals surface area contributed by atoms with Gasteiger partial charge in [-0.25, -0.2) is 15.0 Å². The van der Waals surface area contributed by atoms with Gasteiger partial charge in [-0.15, -0.1) is 5.10 Å². The third kappa shape index (κ3) is 3.71. The van der Waals surface area contributed by atoms with Gasteiger partial charge < -0.3 is 4.74 Å². The lowest BCUT2D eigenvalue weighted by molar-refractivity contribution is -0.00534. The van der Waals surface area contributed by atoms with Crippen LogP contribution in [0.4, 0.5) is 10.6 Å². The largest absolute Gasteiger partial charge is 0.379 e. The zero-order chi connectivity index (χ0) is 16.9. The van der Waals surface area contributed by atoms with Gasteiger partial charge in [0.2, 0.25) is 0 Å². The Hall–Kier alpha value is -2.89. The van der Waals surface area contributed by atoms with Crippen LogP contribution in [0.3, 0.4) is 0 Å². The molecule has 8 heteroatoms. The standard InChI is InChI=1S/C16H17N5O3/c1-11-7-15(18-16(22)20-24-14-5-6-23-10-14)19-21(11)13-4-2-3-12(8-13)9-17/h2-4,7-8,14H,5-6,10H2,1H3,(H2,18,19,20,22). The topological polar surface area (TPSA) is 101 Å². The summed E-state index contributed by atoms with van der Waals surface area (Å²) in [4.78, 5) is 17.1. The first-order chi connectivity index (χ1) is 11.7. The highest BCUT2D eigenvalue weighted by Crippen LogP contribution is 2.16. The molecule has 1 unspecified atom stereocenters. The molecule has 124 valence electrons. The van der Waals surface area contributed by atoms with Crippen molar-refractivity contribution in [1.82, 2.24) is 15.3 Å². The molecule has 1 fully saturated rings. The maximum atomic E-state index is 11.8. The maximum Gasteiger partial charge on any atom is 0.344 e. The molecule has 2 aromatic rings. The van der Waals surface area contributed by atoms with E-state index < -0.39 is 6.03 Å². The summed E-state index contributed by atoms with van der Waals surface area (Å²) >= 11 is 0. The van der Waals surface area contributed by atoms with E-state index in [-0.39, 0.29) is 6.10 Å². The van der Waals surface area contributed by atoms with Gasteiger partial charge in [0.1, 0.15) is 6.10 Å². The number of anilines is 1. The summed E-state index contributed by atoms with van der Waals surface area (Å²) in [6, 6.07) is 10.4. The van der Waals surface area contributed by atoms with Crippen LogP contribution in [0, 0.1) is 18.3 Å². The molecule has 1 aliphatic heterocycles. The molecule has 0 radical (unpaired) electrons. The van der Waals surface area contributed by atoms with Crippen molar-refractivity contribution in [3.05, 3.63) is 41.6 Å². The van der Waals surface area contributed by atoms with E-state index in [2.05, 4.69) is 22.0 Å². The second-order valence-corrected chi connectivity index (χ2v) is 5.40. The van der Waals surface area contributed by atoms with Gasteiger partial charge in [0, 0.05) is 24.8 Å². The van der Waals surface area contributed by atoms with Crippen LogP contribution in [0.2, 0.25) is 0 Å². The first kappa shape index (κ1) is 16.0. The number of hydroxylamine groups is 1. The Balaban J connectivity index is 1.65. The van der Waals surface area contributed by atoms with Crippen molar-refractivity contribution in [2.75, 3.05) is 18.5 Å². The average molecular weight is 327 g/mol. The number of benzene rings is 1. The number of hydrogen-bond acceptors (Lipinski definition) is 5. The minimum atomic E-state index is -0.502. The van der Waals surface area contributed by atoms with Gasteiger partial charge in [-0.1, -0.05) is 6.07 Å². The number of carbonyl (C=O) groups is 1. The van der Waals surface area contributed by atoms with Crippen LogP contribution in [-0.4, -0.2) is 35.1 Å². The third-order valence-electron chi connectivity index (χ3n) is 3.56. The number of rotatable bonds is 4. The molecule has 24 heavy (non-hydrogen) atoms. The molecule has 1 aromatic carbocycles. The summed E-state index contributed by atoms with van der Waals surface area (Å²) in [6.45, 7) is 2.98. The number of amides is 2. The summed E-state index contributed by atoms with van der Waals surface area (Å²) in [7, 11) is 0. The summed E-state index contributed by atoms with van der Waals surface area (Å²) in [5.41, 5.74) is 4.45. The fourth-order valence-corrected chi connectivity index (χ4v) is 2.39. The summed E-state index contributed by atoms with van der Waals surface area (Å²) in [6.07, 6.45) is 0.632. The Labute approximate surface area is 138 Å². The Morgan fingerprint density at radius 1 is 1.50 bits per heavy atom. The van der Waals surface area contributed by atoms with Gasteiger partial charge in [-0.05, 0) is 25.1 Å². The van der Waals surface area contributed by atoms with Gasteiger partial charge in [0.25, 0.3) is 0 Å². The zero-order valence-corrected chi connectivity index (χ0v) is 13.2. The summed E-state index contributed by atoms with van der Waals surface area (Å²) < 4.78 is 6.81. The molecular weight excluding hydrogens is 310 g/mol. The highest BCUT2D eigenvalue weighted by Gasteiger charge is 2.18. The van der Waals surface area contributed by atoms with Gasteiger partial charge >= 0.3 is 6.03 Å². The van der Waals surface area contributed by atoms with Crippen molar-refractivity contribution in [2.45, 2.75) is 19.4 Å². The molecule has 1 aromatic heterocycles. The zero-order valence-electron chi connectivity index (χ0n) is 13.2. The molecule has 8 nitrogen and oxygen atoms in total. The number of carbonyl (C=O) groups excluding carboxylic acids is 1. The highest BCUT2D eigenvalue weighted by molar-refractivity contribution is 5.87. The van der Waals surface area contributed by atoms with E-state index in [1.807, 2.05) is 13.0 Å². The van der Waals surface area contributed by atoms with E-state index in [0.29, 0.717) is 24.6 Å². The number of aromatic nitrogens is 2. The van der Waals surface area contributed by atoms with Crippen molar-refractivity contribution < 1.29 is 14.4 Å². The minimum absolute atomic E-state index is 0.122. The number of nitrogens with one attached hydrogen (secondary N) is 2. The lowest BCUT2D eigenvalue weighted by Gasteiger charge is -2.10. The second kappa shape index (κ2) is 7.12. The van der Waals surface area contributed by atoms with E-state index in [1.54, 1.807) is 28.9 Å². The maximum absolute atomic E-state index is 11.8. The summed E-state index contributed by atoms with van der Waals surface area (Å²) in [5.74, 6) is 0.388. The van der Waals surface area contributed by atoms with Crippen molar-refractivity contribution in [3.8, 4) is 11.8 Å². The fraction of sp³-hybridized carbons (Fsp3) is 0.312. The van der Waals surface area contributed by atoms with Gasteiger partial charge in [0.15, 0.2) is 5.82 Å². The molecule has 3 rings (SSSR count). The molecule has 0 saturated carbocycles. The number of nitrogens with zero attached hydrogens (tertiary/aromatic N) is 3. The minimum Gasteiger partial charge on any atom is -0.379 e. The molecule has 1 saturated heterocycles. The lowest BCUT2D eigenvalue weighted by Crippen LogP contribution is -2.33. The number of hydrogen-bond donors (Lipinski definition) is 2. The SMILES string of the molecule is Cc1cc(NC(=O)NOC2CCOC2)nn1-c1cccc(C#N)c1. The van der Waals surface area contributed by atoms with Gasteiger partial charge in [0.05, 0.1) is 23.9 Å². The Morgan fingerprint density at radius 2 is 2.38 bits per heavy atom. The number of ether oxygens (including phenoxy) is 1. The molecule has 0 bridgehead atoms. The van der Waals surface area contributed by atoms with Crippen molar-refractivity contribution in [2.24, 2.45) is 0 Å². The van der Waals surface area contributed by atoms with Crippen LogP contribution in [0.15, 0.2) is 30.3 Å². The van der Waals surface area contributed by atoms with Crippen molar-refractivity contribution >= 4 is 11.8 Å². The van der Waals surface area contributed by atoms with E-state index in [1.165, 1.54) is 0 Å². The number of aryl methyl sites for hydroxylation is 1. The van der Waals surface area contributed by atoms with Crippen LogP contribution in [-0.2, 0) is 9.57 Å². The molecule has 0 aliphatic carbocycles.